The van der Waals surface area contributed by atoms with Crippen LogP contribution in [0, 0.1) is 36.8 Å². The Morgan fingerprint density at radius 3 is 2.42 bits per heavy atom. The first kappa shape index (κ1) is 20.5. The summed E-state index contributed by atoms with van der Waals surface area (Å²) in [6, 6.07) is 14.5. The fraction of sp³-hybridized carbons (Fsp3) is 0.200. The second kappa shape index (κ2) is 8.19. The lowest BCUT2D eigenvalue weighted by Crippen LogP contribution is -2.18. The van der Waals surface area contributed by atoms with E-state index in [1.165, 1.54) is 6.07 Å². The Morgan fingerprint density at radius 2 is 1.74 bits per heavy atom. The summed E-state index contributed by atoms with van der Waals surface area (Å²) in [4.78, 5) is 12.1. The average Bonchev–Trinajstić information content (AvgIpc) is 2.77. The smallest absolute Gasteiger partial charge is 0.170 e. The molecule has 0 spiro atoms. The third-order valence-corrected chi connectivity index (χ3v) is 5.35. The summed E-state index contributed by atoms with van der Waals surface area (Å²) in [5.41, 5.74) is 2.79. The SMILES string of the molecule is Cc1cc(C(Oc2c(F)cc3c(c2C)OCCC3=O)c2ccc(C#N)cc2)ccc1F. The van der Waals surface area contributed by atoms with Crippen molar-refractivity contribution in [3.05, 3.63) is 93.5 Å². The van der Waals surface area contributed by atoms with Gasteiger partial charge in [-0.25, -0.2) is 8.78 Å². The summed E-state index contributed by atoms with van der Waals surface area (Å²) in [6.45, 7) is 3.51. The number of halogens is 2. The summed E-state index contributed by atoms with van der Waals surface area (Å²) >= 11 is 0. The van der Waals surface area contributed by atoms with Gasteiger partial charge in [0.15, 0.2) is 17.3 Å². The van der Waals surface area contributed by atoms with Crippen molar-refractivity contribution in [3.8, 4) is 17.6 Å². The zero-order valence-electron chi connectivity index (χ0n) is 17.0. The Labute approximate surface area is 178 Å². The molecule has 0 aromatic heterocycles. The van der Waals surface area contributed by atoms with Crippen LogP contribution in [-0.4, -0.2) is 12.4 Å². The quantitative estimate of drug-likeness (QED) is 0.553. The topological polar surface area (TPSA) is 59.3 Å². The molecule has 1 atom stereocenters. The second-order valence-corrected chi connectivity index (χ2v) is 7.45. The van der Waals surface area contributed by atoms with Crippen LogP contribution < -0.4 is 9.47 Å². The number of carbonyl (C=O) groups excluding carboxylic acids is 1. The summed E-state index contributed by atoms with van der Waals surface area (Å²) in [7, 11) is 0. The van der Waals surface area contributed by atoms with Gasteiger partial charge in [-0.2, -0.15) is 5.26 Å². The van der Waals surface area contributed by atoms with Crippen molar-refractivity contribution in [3.63, 3.8) is 0 Å². The highest BCUT2D eigenvalue weighted by molar-refractivity contribution is 6.00. The van der Waals surface area contributed by atoms with Gasteiger partial charge in [0.2, 0.25) is 0 Å². The van der Waals surface area contributed by atoms with E-state index in [-0.39, 0.29) is 35.9 Å². The van der Waals surface area contributed by atoms with Crippen LogP contribution in [0.1, 0.15) is 50.7 Å². The van der Waals surface area contributed by atoms with Crippen molar-refractivity contribution >= 4 is 5.78 Å². The number of benzene rings is 3. The van der Waals surface area contributed by atoms with Crippen LogP contribution in [0.25, 0.3) is 0 Å². The molecule has 3 aromatic carbocycles. The van der Waals surface area contributed by atoms with Crippen molar-refractivity contribution < 1.29 is 23.0 Å². The first-order chi connectivity index (χ1) is 14.9. The van der Waals surface area contributed by atoms with E-state index in [1.807, 2.05) is 0 Å². The molecule has 0 amide bonds. The molecule has 0 saturated carbocycles. The number of hydrogen-bond donors (Lipinski definition) is 0. The lowest BCUT2D eigenvalue weighted by molar-refractivity contribution is 0.0931. The van der Waals surface area contributed by atoms with Gasteiger partial charge in [0, 0.05) is 12.0 Å². The van der Waals surface area contributed by atoms with Gasteiger partial charge in [0.1, 0.15) is 17.7 Å². The van der Waals surface area contributed by atoms with Crippen molar-refractivity contribution in [2.24, 2.45) is 0 Å². The normalized spacial score (nSPS) is 13.7. The highest BCUT2D eigenvalue weighted by Gasteiger charge is 2.28. The van der Waals surface area contributed by atoms with E-state index in [9.17, 15) is 9.18 Å². The monoisotopic (exact) mass is 419 g/mol. The highest BCUT2D eigenvalue weighted by Crippen LogP contribution is 2.40. The predicted octanol–water partition coefficient (Wildman–Crippen LogP) is 5.59. The lowest BCUT2D eigenvalue weighted by atomic mass is 9.97. The van der Waals surface area contributed by atoms with Crippen LogP contribution >= 0.6 is 0 Å². The van der Waals surface area contributed by atoms with Gasteiger partial charge in [0.25, 0.3) is 0 Å². The van der Waals surface area contributed by atoms with Gasteiger partial charge < -0.3 is 9.47 Å². The van der Waals surface area contributed by atoms with Crippen LogP contribution in [0.15, 0.2) is 48.5 Å². The summed E-state index contributed by atoms with van der Waals surface area (Å²) < 4.78 is 40.7. The first-order valence-corrected chi connectivity index (χ1v) is 9.81. The molecule has 0 bridgehead atoms. The van der Waals surface area contributed by atoms with Crippen LogP contribution in [0.4, 0.5) is 8.78 Å². The van der Waals surface area contributed by atoms with E-state index < -0.39 is 11.9 Å². The number of fused-ring (bicyclic) bond motifs is 1. The lowest BCUT2D eigenvalue weighted by Gasteiger charge is -2.25. The molecule has 0 fully saturated rings. The molecule has 0 aliphatic carbocycles. The maximum absolute atomic E-state index is 15.0. The number of Topliss-reactive ketones (excluding diaryl/α,β-unsaturated/α-hetero) is 1. The number of ether oxygens (including phenoxy) is 2. The molecule has 1 aliphatic rings. The third kappa shape index (κ3) is 3.87. The fourth-order valence-electron chi connectivity index (χ4n) is 3.67. The average molecular weight is 419 g/mol. The van der Waals surface area contributed by atoms with Crippen molar-refractivity contribution in [2.45, 2.75) is 26.4 Å². The van der Waals surface area contributed by atoms with E-state index in [1.54, 1.807) is 50.2 Å². The van der Waals surface area contributed by atoms with Gasteiger partial charge >= 0.3 is 0 Å². The van der Waals surface area contributed by atoms with Crippen LogP contribution in [0.2, 0.25) is 0 Å². The number of aryl methyl sites for hydroxylation is 1. The zero-order valence-corrected chi connectivity index (χ0v) is 17.0. The third-order valence-electron chi connectivity index (χ3n) is 5.35. The molecule has 0 radical (unpaired) electrons. The zero-order chi connectivity index (χ0) is 22.1. The number of nitriles is 1. The van der Waals surface area contributed by atoms with Gasteiger partial charge in [-0.05, 0) is 60.9 Å². The maximum Gasteiger partial charge on any atom is 0.170 e. The predicted molar refractivity (Wildman–Crippen MR) is 110 cm³/mol. The number of hydrogen-bond acceptors (Lipinski definition) is 4. The second-order valence-electron chi connectivity index (χ2n) is 7.45. The summed E-state index contributed by atoms with van der Waals surface area (Å²) in [5, 5.41) is 9.08. The molecule has 1 aliphatic heterocycles. The van der Waals surface area contributed by atoms with E-state index in [2.05, 4.69) is 6.07 Å². The summed E-state index contributed by atoms with van der Waals surface area (Å²) in [6.07, 6.45) is -0.563. The molecule has 4 rings (SSSR count). The Morgan fingerprint density at radius 1 is 1.03 bits per heavy atom. The molecule has 1 heterocycles. The minimum absolute atomic E-state index is 0.0372. The van der Waals surface area contributed by atoms with Crippen LogP contribution in [-0.2, 0) is 0 Å². The van der Waals surface area contributed by atoms with Gasteiger partial charge in [0.05, 0.1) is 23.8 Å². The molecule has 6 heteroatoms. The van der Waals surface area contributed by atoms with Crippen molar-refractivity contribution in [1.29, 1.82) is 5.26 Å². The number of carbonyl (C=O) groups is 1. The number of rotatable bonds is 4. The molecule has 1 unspecified atom stereocenters. The van der Waals surface area contributed by atoms with Gasteiger partial charge in [-0.1, -0.05) is 18.2 Å². The van der Waals surface area contributed by atoms with E-state index >= 15 is 4.39 Å². The van der Waals surface area contributed by atoms with Crippen molar-refractivity contribution in [1.82, 2.24) is 0 Å². The Bertz CT molecular complexity index is 1210. The fourth-order valence-corrected chi connectivity index (χ4v) is 3.67. The standard InChI is InChI=1S/C25H19F2NO3/c1-14-11-18(7-8-20(14)26)25(17-5-3-16(13-28)4-6-17)31-24-15(2)23-19(12-21(24)27)22(29)9-10-30-23/h3-8,11-12,25H,9-10H2,1-2H3. The summed E-state index contributed by atoms with van der Waals surface area (Å²) in [5.74, 6) is -0.920. The largest absolute Gasteiger partial charge is 0.492 e. The minimum atomic E-state index is -0.766. The number of nitrogens with zero attached hydrogens (tertiary/aromatic N) is 1. The van der Waals surface area contributed by atoms with Gasteiger partial charge in [-0.3, -0.25) is 4.79 Å². The van der Waals surface area contributed by atoms with Crippen molar-refractivity contribution in [2.75, 3.05) is 6.61 Å². The Hall–Kier alpha value is -3.72. The molecule has 0 saturated heterocycles. The molecule has 31 heavy (non-hydrogen) atoms. The number of ketones is 1. The maximum atomic E-state index is 15.0. The highest BCUT2D eigenvalue weighted by atomic mass is 19.1. The Balaban J connectivity index is 1.82. The van der Waals surface area contributed by atoms with E-state index in [4.69, 9.17) is 14.7 Å². The van der Waals surface area contributed by atoms with Gasteiger partial charge in [-0.15, -0.1) is 0 Å². The first-order valence-electron chi connectivity index (χ1n) is 9.81. The van der Waals surface area contributed by atoms with Crippen LogP contribution in [0.5, 0.6) is 11.5 Å². The molecule has 0 N–H and O–H groups in total. The minimum Gasteiger partial charge on any atom is -0.492 e. The molecule has 3 aromatic rings. The Kier molecular flexibility index (Phi) is 5.43. The van der Waals surface area contributed by atoms with E-state index in [0.717, 1.165) is 6.07 Å². The molecule has 4 nitrogen and oxygen atoms in total. The molecular weight excluding hydrogens is 400 g/mol. The molecular formula is C25H19F2NO3. The molecule has 156 valence electrons. The van der Waals surface area contributed by atoms with E-state index in [0.29, 0.717) is 33.6 Å². The van der Waals surface area contributed by atoms with Crippen LogP contribution in [0.3, 0.4) is 0 Å².